The highest BCUT2D eigenvalue weighted by atomic mass is 35.5. The van der Waals surface area contributed by atoms with Gasteiger partial charge >= 0.3 is 0 Å². The van der Waals surface area contributed by atoms with Crippen LogP contribution in [0.4, 0.5) is 0 Å². The van der Waals surface area contributed by atoms with E-state index in [0.29, 0.717) is 11.9 Å². The predicted octanol–water partition coefficient (Wildman–Crippen LogP) is 2.17. The number of terminal acetylenes is 1. The van der Waals surface area contributed by atoms with Crippen LogP contribution in [0, 0.1) is 12.3 Å². The Kier molecular flexibility index (Phi) is 8.32. The summed E-state index contributed by atoms with van der Waals surface area (Å²) >= 11 is 5.46. The van der Waals surface area contributed by atoms with E-state index in [4.69, 9.17) is 18.0 Å². The van der Waals surface area contributed by atoms with Crippen LogP contribution in [0.25, 0.3) is 0 Å². The van der Waals surface area contributed by atoms with Gasteiger partial charge in [-0.1, -0.05) is 19.1 Å². The SMILES string of the molecule is C#CCC(CC)NC/C=C/CCl. The van der Waals surface area contributed by atoms with Crippen LogP contribution in [0.5, 0.6) is 0 Å². The normalized spacial score (nSPS) is 13.1. The lowest BCUT2D eigenvalue weighted by atomic mass is 10.1. The van der Waals surface area contributed by atoms with Crippen molar-refractivity contribution in [2.45, 2.75) is 25.8 Å². The number of hydrogen-bond donors (Lipinski definition) is 1. The van der Waals surface area contributed by atoms with Crippen molar-refractivity contribution < 1.29 is 0 Å². The van der Waals surface area contributed by atoms with Crippen LogP contribution in [-0.4, -0.2) is 18.5 Å². The lowest BCUT2D eigenvalue weighted by Crippen LogP contribution is -2.27. The molecule has 68 valence electrons. The van der Waals surface area contributed by atoms with Crippen molar-refractivity contribution in [1.82, 2.24) is 5.32 Å². The van der Waals surface area contributed by atoms with Crippen LogP contribution < -0.4 is 5.32 Å². The fraction of sp³-hybridized carbons (Fsp3) is 0.600. The van der Waals surface area contributed by atoms with Crippen molar-refractivity contribution in [3.05, 3.63) is 12.2 Å². The van der Waals surface area contributed by atoms with Crippen LogP contribution in [0.2, 0.25) is 0 Å². The minimum Gasteiger partial charge on any atom is -0.310 e. The molecular weight excluding hydrogens is 170 g/mol. The molecule has 0 saturated heterocycles. The molecule has 0 rings (SSSR count). The highest BCUT2D eigenvalue weighted by molar-refractivity contribution is 6.18. The second kappa shape index (κ2) is 8.64. The summed E-state index contributed by atoms with van der Waals surface area (Å²) in [7, 11) is 0. The fourth-order valence-electron chi connectivity index (χ4n) is 0.884. The van der Waals surface area contributed by atoms with Crippen LogP contribution in [-0.2, 0) is 0 Å². The molecule has 0 aliphatic carbocycles. The molecule has 0 bridgehead atoms. The van der Waals surface area contributed by atoms with E-state index in [9.17, 15) is 0 Å². The zero-order valence-corrected chi connectivity index (χ0v) is 8.27. The number of rotatable bonds is 6. The first kappa shape index (κ1) is 11.6. The van der Waals surface area contributed by atoms with Crippen molar-refractivity contribution in [3.8, 4) is 12.3 Å². The molecule has 1 N–H and O–H groups in total. The van der Waals surface area contributed by atoms with Crippen LogP contribution in [0.15, 0.2) is 12.2 Å². The van der Waals surface area contributed by atoms with Gasteiger partial charge in [-0.25, -0.2) is 0 Å². The van der Waals surface area contributed by atoms with E-state index >= 15 is 0 Å². The molecule has 0 aromatic heterocycles. The fourth-order valence-corrected chi connectivity index (χ4v) is 1.01. The lowest BCUT2D eigenvalue weighted by molar-refractivity contribution is 0.536. The number of allylic oxidation sites excluding steroid dienone is 1. The average molecular weight is 186 g/mol. The molecule has 0 fully saturated rings. The molecule has 1 unspecified atom stereocenters. The van der Waals surface area contributed by atoms with E-state index in [2.05, 4.69) is 18.2 Å². The first-order chi connectivity index (χ1) is 5.85. The highest BCUT2D eigenvalue weighted by Crippen LogP contribution is 1.94. The monoisotopic (exact) mass is 185 g/mol. The van der Waals surface area contributed by atoms with Crippen LogP contribution in [0.1, 0.15) is 19.8 Å². The first-order valence-corrected chi connectivity index (χ1v) is 4.76. The molecule has 0 amide bonds. The molecule has 0 radical (unpaired) electrons. The van der Waals surface area contributed by atoms with Gasteiger partial charge in [0.2, 0.25) is 0 Å². The Morgan fingerprint density at radius 2 is 2.33 bits per heavy atom. The third kappa shape index (κ3) is 6.27. The molecule has 0 aromatic rings. The molecule has 2 heteroatoms. The molecule has 12 heavy (non-hydrogen) atoms. The van der Waals surface area contributed by atoms with Gasteiger partial charge in [0.1, 0.15) is 0 Å². The Morgan fingerprint density at radius 1 is 1.58 bits per heavy atom. The minimum absolute atomic E-state index is 0.440. The molecule has 0 heterocycles. The Labute approximate surface area is 80.2 Å². The van der Waals surface area contributed by atoms with Gasteiger partial charge in [0, 0.05) is 24.9 Å². The molecule has 1 atom stereocenters. The van der Waals surface area contributed by atoms with Gasteiger partial charge < -0.3 is 5.32 Å². The van der Waals surface area contributed by atoms with E-state index in [1.54, 1.807) is 0 Å². The maximum Gasteiger partial charge on any atom is 0.0404 e. The van der Waals surface area contributed by atoms with Gasteiger partial charge in [-0.2, -0.15) is 0 Å². The third-order valence-electron chi connectivity index (χ3n) is 1.64. The van der Waals surface area contributed by atoms with E-state index < -0.39 is 0 Å². The molecule has 1 nitrogen and oxygen atoms in total. The van der Waals surface area contributed by atoms with Gasteiger partial charge in [0.15, 0.2) is 0 Å². The zero-order valence-electron chi connectivity index (χ0n) is 7.52. The lowest BCUT2D eigenvalue weighted by Gasteiger charge is -2.11. The van der Waals surface area contributed by atoms with Crippen LogP contribution in [0.3, 0.4) is 0 Å². The Balaban J connectivity index is 3.45. The van der Waals surface area contributed by atoms with E-state index in [1.165, 1.54) is 0 Å². The van der Waals surface area contributed by atoms with Crippen molar-refractivity contribution in [2.24, 2.45) is 0 Å². The summed E-state index contributed by atoms with van der Waals surface area (Å²) in [5.41, 5.74) is 0. The summed E-state index contributed by atoms with van der Waals surface area (Å²) in [5, 5.41) is 3.32. The number of halogens is 1. The standard InChI is InChI=1S/C10H16ClN/c1-3-7-10(4-2)12-9-6-5-8-11/h1,5-6,10,12H,4,7-9H2,2H3/b6-5+. The minimum atomic E-state index is 0.440. The second-order valence-corrected chi connectivity index (χ2v) is 2.86. The summed E-state index contributed by atoms with van der Waals surface area (Å²) in [5.74, 6) is 3.22. The Morgan fingerprint density at radius 3 is 2.83 bits per heavy atom. The van der Waals surface area contributed by atoms with Gasteiger partial charge in [-0.15, -0.1) is 23.9 Å². The van der Waals surface area contributed by atoms with Gasteiger partial charge in [-0.05, 0) is 6.42 Å². The smallest absolute Gasteiger partial charge is 0.0404 e. The molecule has 0 spiro atoms. The average Bonchev–Trinajstić information content (AvgIpc) is 2.10. The molecular formula is C10H16ClN. The maximum atomic E-state index is 5.46. The number of alkyl halides is 1. The largest absolute Gasteiger partial charge is 0.310 e. The summed E-state index contributed by atoms with van der Waals surface area (Å²) in [6.07, 6.45) is 11.0. The molecule has 0 saturated carbocycles. The van der Waals surface area contributed by atoms with Gasteiger partial charge in [-0.3, -0.25) is 0 Å². The quantitative estimate of drug-likeness (QED) is 0.380. The molecule has 0 aromatic carbocycles. The van der Waals surface area contributed by atoms with E-state index in [0.717, 1.165) is 19.4 Å². The first-order valence-electron chi connectivity index (χ1n) is 4.23. The van der Waals surface area contributed by atoms with Crippen molar-refractivity contribution in [3.63, 3.8) is 0 Å². The Bertz CT molecular complexity index is 158. The Hall–Kier alpha value is -0.450. The van der Waals surface area contributed by atoms with Crippen molar-refractivity contribution in [1.29, 1.82) is 0 Å². The number of nitrogens with one attached hydrogen (secondary N) is 1. The molecule has 0 aliphatic rings. The van der Waals surface area contributed by atoms with Gasteiger partial charge in [0.25, 0.3) is 0 Å². The summed E-state index contributed by atoms with van der Waals surface area (Å²) in [6, 6.07) is 0.440. The van der Waals surface area contributed by atoms with Crippen molar-refractivity contribution in [2.75, 3.05) is 12.4 Å². The highest BCUT2D eigenvalue weighted by Gasteiger charge is 1.99. The topological polar surface area (TPSA) is 12.0 Å². The third-order valence-corrected chi connectivity index (χ3v) is 1.82. The van der Waals surface area contributed by atoms with Crippen LogP contribution >= 0.6 is 11.6 Å². The predicted molar refractivity (Wildman–Crippen MR) is 55.4 cm³/mol. The number of hydrogen-bond acceptors (Lipinski definition) is 1. The summed E-state index contributed by atoms with van der Waals surface area (Å²) in [4.78, 5) is 0. The van der Waals surface area contributed by atoms with Gasteiger partial charge in [0.05, 0.1) is 0 Å². The second-order valence-electron chi connectivity index (χ2n) is 2.55. The van der Waals surface area contributed by atoms with Crippen molar-refractivity contribution >= 4 is 11.6 Å². The maximum absolute atomic E-state index is 5.46. The van der Waals surface area contributed by atoms with E-state index in [-0.39, 0.29) is 0 Å². The summed E-state index contributed by atoms with van der Waals surface area (Å²) < 4.78 is 0. The molecule has 0 aliphatic heterocycles. The summed E-state index contributed by atoms with van der Waals surface area (Å²) in [6.45, 7) is 2.98. The zero-order chi connectivity index (χ0) is 9.23. The van der Waals surface area contributed by atoms with E-state index in [1.807, 2.05) is 12.2 Å².